The Hall–Kier alpha value is -0.780. The van der Waals surface area contributed by atoms with Crippen molar-refractivity contribution >= 4 is 0 Å². The molecule has 5 rings (SSSR count). The third kappa shape index (κ3) is 1.10. The summed E-state index contributed by atoms with van der Waals surface area (Å²) >= 11 is 0. The first-order valence-corrected chi connectivity index (χ1v) is 8.13. The van der Waals surface area contributed by atoms with Crippen LogP contribution < -0.4 is 0 Å². The molecule has 0 N–H and O–H groups in total. The molecular weight excluding hydrogens is 228 g/mol. The van der Waals surface area contributed by atoms with E-state index in [2.05, 4.69) is 44.2 Å². The van der Waals surface area contributed by atoms with Gasteiger partial charge in [0.2, 0.25) is 0 Å². The summed E-state index contributed by atoms with van der Waals surface area (Å²) in [6.07, 6.45) is 19.7. The Kier molecular flexibility index (Phi) is 1.70. The molecule has 0 aromatic rings. The Morgan fingerprint density at radius 1 is 1.00 bits per heavy atom. The fraction of sp³-hybridized carbons (Fsp3) is 0.684. The molecule has 100 valence electrons. The van der Waals surface area contributed by atoms with Gasteiger partial charge in [-0.3, -0.25) is 0 Å². The number of fused-ring (bicyclic) bond motifs is 1. The zero-order valence-electron chi connectivity index (χ0n) is 12.2. The Labute approximate surface area is 116 Å². The van der Waals surface area contributed by atoms with Crippen molar-refractivity contribution in [2.75, 3.05) is 0 Å². The SMILES string of the molecule is CC1(C)C=CC=C(C23C[C@@H]4CC5C[C@@H](C2)C54C3)C=C1. The van der Waals surface area contributed by atoms with Crippen molar-refractivity contribution in [2.24, 2.45) is 34.0 Å². The predicted octanol–water partition coefficient (Wildman–Crippen LogP) is 4.89. The number of hydrogen-bond donors (Lipinski definition) is 0. The van der Waals surface area contributed by atoms with E-state index in [1.165, 1.54) is 19.3 Å². The van der Waals surface area contributed by atoms with Crippen LogP contribution in [0, 0.1) is 34.0 Å². The second-order valence-corrected chi connectivity index (χ2v) is 8.68. The zero-order chi connectivity index (χ0) is 12.9. The summed E-state index contributed by atoms with van der Waals surface area (Å²) in [4.78, 5) is 0. The molecule has 0 aromatic heterocycles. The van der Waals surface area contributed by atoms with Gasteiger partial charge in [0.1, 0.15) is 0 Å². The van der Waals surface area contributed by atoms with Crippen molar-refractivity contribution in [1.29, 1.82) is 0 Å². The molecule has 0 aliphatic heterocycles. The molecule has 0 unspecified atom stereocenters. The summed E-state index contributed by atoms with van der Waals surface area (Å²) in [7, 11) is 0. The topological polar surface area (TPSA) is 0 Å². The molecule has 0 amide bonds. The van der Waals surface area contributed by atoms with Crippen molar-refractivity contribution in [3.63, 3.8) is 0 Å². The minimum Gasteiger partial charge on any atom is -0.0751 e. The van der Waals surface area contributed by atoms with E-state index in [4.69, 9.17) is 0 Å². The highest BCUT2D eigenvalue weighted by Gasteiger charge is 2.77. The average molecular weight is 252 g/mol. The van der Waals surface area contributed by atoms with Gasteiger partial charge in [0.15, 0.2) is 0 Å². The summed E-state index contributed by atoms with van der Waals surface area (Å²) in [5.41, 5.74) is 3.30. The van der Waals surface area contributed by atoms with Crippen molar-refractivity contribution in [3.05, 3.63) is 36.0 Å². The molecule has 2 bridgehead atoms. The average Bonchev–Trinajstić information content (AvgIpc) is 2.72. The Morgan fingerprint density at radius 2 is 1.74 bits per heavy atom. The van der Waals surface area contributed by atoms with E-state index in [9.17, 15) is 0 Å². The van der Waals surface area contributed by atoms with Gasteiger partial charge in [-0.15, -0.1) is 0 Å². The number of allylic oxidation sites excluding steroid dienone is 6. The molecule has 4 fully saturated rings. The normalized spacial score (nSPS) is 55.1. The third-order valence-corrected chi connectivity index (χ3v) is 7.44. The van der Waals surface area contributed by atoms with Gasteiger partial charge in [0, 0.05) is 5.41 Å². The number of hydrogen-bond acceptors (Lipinski definition) is 0. The van der Waals surface area contributed by atoms with E-state index >= 15 is 0 Å². The maximum Gasteiger partial charge on any atom is 0.00107 e. The van der Waals surface area contributed by atoms with Crippen LogP contribution in [0.2, 0.25) is 0 Å². The van der Waals surface area contributed by atoms with Crippen molar-refractivity contribution in [2.45, 2.75) is 46.0 Å². The minimum absolute atomic E-state index is 0.227. The summed E-state index contributed by atoms with van der Waals surface area (Å²) in [5, 5.41) is 0. The fourth-order valence-electron chi connectivity index (χ4n) is 6.58. The van der Waals surface area contributed by atoms with E-state index in [1.54, 1.807) is 18.4 Å². The molecule has 19 heavy (non-hydrogen) atoms. The lowest BCUT2D eigenvalue weighted by Gasteiger charge is -2.66. The van der Waals surface area contributed by atoms with Gasteiger partial charge in [-0.2, -0.15) is 0 Å². The van der Waals surface area contributed by atoms with E-state index in [0.29, 0.717) is 5.41 Å². The van der Waals surface area contributed by atoms with Crippen molar-refractivity contribution in [3.8, 4) is 0 Å². The monoisotopic (exact) mass is 252 g/mol. The van der Waals surface area contributed by atoms with Crippen LogP contribution in [0.3, 0.4) is 0 Å². The summed E-state index contributed by atoms with van der Waals surface area (Å²) < 4.78 is 0. The van der Waals surface area contributed by atoms with Crippen LogP contribution in [0.25, 0.3) is 0 Å². The van der Waals surface area contributed by atoms with Crippen molar-refractivity contribution < 1.29 is 0 Å². The van der Waals surface area contributed by atoms with E-state index in [-0.39, 0.29) is 5.41 Å². The van der Waals surface area contributed by atoms with Gasteiger partial charge in [0.05, 0.1) is 0 Å². The van der Waals surface area contributed by atoms with Gasteiger partial charge < -0.3 is 0 Å². The van der Waals surface area contributed by atoms with Crippen molar-refractivity contribution in [1.82, 2.24) is 0 Å². The molecule has 0 saturated heterocycles. The molecule has 0 heterocycles. The van der Waals surface area contributed by atoms with Gasteiger partial charge >= 0.3 is 0 Å². The quantitative estimate of drug-likeness (QED) is 0.623. The lowest BCUT2D eigenvalue weighted by Crippen LogP contribution is -2.59. The Balaban J connectivity index is 1.55. The highest BCUT2D eigenvalue weighted by molar-refractivity contribution is 5.42. The maximum atomic E-state index is 2.47. The van der Waals surface area contributed by atoms with Gasteiger partial charge in [-0.05, 0) is 66.3 Å². The molecule has 0 aromatic carbocycles. The first-order valence-electron chi connectivity index (χ1n) is 8.13. The third-order valence-electron chi connectivity index (χ3n) is 7.44. The Morgan fingerprint density at radius 3 is 2.37 bits per heavy atom. The second kappa shape index (κ2) is 2.95. The molecular formula is C19H24. The van der Waals surface area contributed by atoms with E-state index in [0.717, 1.165) is 23.2 Å². The van der Waals surface area contributed by atoms with Crippen LogP contribution >= 0.6 is 0 Å². The standard InChI is InChI=1S/C19H24/c1-17(2)6-3-4-13(5-7-17)18-10-15-8-14-9-16(11-18)19(14,15)12-18/h3-7,14-16H,8-12H2,1-2H3/t14?,15-,16-,18?,19?/m0/s1. The van der Waals surface area contributed by atoms with E-state index < -0.39 is 0 Å². The molecule has 1 spiro atoms. The predicted molar refractivity (Wildman–Crippen MR) is 78.6 cm³/mol. The molecule has 2 atom stereocenters. The van der Waals surface area contributed by atoms with Crippen LogP contribution in [-0.2, 0) is 0 Å². The van der Waals surface area contributed by atoms with Crippen LogP contribution in [-0.4, -0.2) is 0 Å². The van der Waals surface area contributed by atoms with E-state index in [1.807, 2.05) is 0 Å². The molecule has 4 saturated carbocycles. The molecule has 5 aliphatic carbocycles. The largest absolute Gasteiger partial charge is 0.0751 e. The smallest absolute Gasteiger partial charge is 0.00107 e. The minimum atomic E-state index is 0.227. The molecule has 5 aliphatic rings. The van der Waals surface area contributed by atoms with Crippen LogP contribution in [0.4, 0.5) is 0 Å². The summed E-state index contributed by atoms with van der Waals surface area (Å²) in [6, 6.07) is 0. The van der Waals surface area contributed by atoms with Gasteiger partial charge in [-0.25, -0.2) is 0 Å². The fourth-order valence-corrected chi connectivity index (χ4v) is 6.58. The van der Waals surface area contributed by atoms with Crippen LogP contribution in [0.1, 0.15) is 46.0 Å². The highest BCUT2D eigenvalue weighted by Crippen LogP contribution is 2.85. The highest BCUT2D eigenvalue weighted by atomic mass is 14.8. The Bertz CT molecular complexity index is 526. The van der Waals surface area contributed by atoms with Gasteiger partial charge in [-0.1, -0.05) is 44.2 Å². The van der Waals surface area contributed by atoms with Gasteiger partial charge in [0.25, 0.3) is 0 Å². The van der Waals surface area contributed by atoms with Crippen LogP contribution in [0.15, 0.2) is 36.0 Å². The molecule has 0 heteroatoms. The number of rotatable bonds is 1. The zero-order valence-corrected chi connectivity index (χ0v) is 12.2. The lowest BCUT2D eigenvalue weighted by molar-refractivity contribution is -0.176. The van der Waals surface area contributed by atoms with Crippen LogP contribution in [0.5, 0.6) is 0 Å². The lowest BCUT2D eigenvalue weighted by atomic mass is 9.38. The maximum absolute atomic E-state index is 2.47. The summed E-state index contributed by atoms with van der Waals surface area (Å²) in [6.45, 7) is 4.61. The summed E-state index contributed by atoms with van der Waals surface area (Å²) in [5.74, 6) is 3.33. The first kappa shape index (κ1) is 10.9. The molecule has 0 nitrogen and oxygen atoms in total. The molecule has 0 radical (unpaired) electrons. The first-order chi connectivity index (χ1) is 9.04. The second-order valence-electron chi connectivity index (χ2n) is 8.68.